The number of carbonyl (C=O) groups is 2. The maximum Gasteiger partial charge on any atom is 0.256 e. The third-order valence-electron chi connectivity index (χ3n) is 4.03. The summed E-state index contributed by atoms with van der Waals surface area (Å²) in [6, 6.07) is 22.0. The van der Waals surface area contributed by atoms with Crippen molar-refractivity contribution in [3.05, 3.63) is 89.5 Å². The summed E-state index contributed by atoms with van der Waals surface area (Å²) in [5.74, 6) is -0.234. The first-order valence-electron chi connectivity index (χ1n) is 7.39. The molecular weight excluding hydrogens is 286 g/mol. The third-order valence-corrected chi connectivity index (χ3v) is 4.03. The molecule has 1 amide bonds. The van der Waals surface area contributed by atoms with Crippen LogP contribution in [0.3, 0.4) is 0 Å². The molecule has 0 spiro atoms. The van der Waals surface area contributed by atoms with Crippen molar-refractivity contribution in [3.63, 3.8) is 0 Å². The molecule has 3 aromatic rings. The molecular formula is C20H13NO2. The SMILES string of the molecule is O=C(Nc1ccccc1)c1cccc2c1-c1ccccc1C2=O. The highest BCUT2D eigenvalue weighted by Gasteiger charge is 2.29. The number of rotatable bonds is 2. The van der Waals surface area contributed by atoms with E-state index < -0.39 is 0 Å². The predicted molar refractivity (Wildman–Crippen MR) is 89.7 cm³/mol. The van der Waals surface area contributed by atoms with Gasteiger partial charge in [0.15, 0.2) is 5.78 Å². The molecule has 0 saturated carbocycles. The lowest BCUT2D eigenvalue weighted by molar-refractivity contribution is 0.102. The van der Waals surface area contributed by atoms with Gasteiger partial charge in [-0.25, -0.2) is 0 Å². The molecule has 1 aliphatic rings. The van der Waals surface area contributed by atoms with Crippen molar-refractivity contribution >= 4 is 17.4 Å². The fraction of sp³-hybridized carbons (Fsp3) is 0. The van der Waals surface area contributed by atoms with Gasteiger partial charge in [0, 0.05) is 27.9 Å². The molecule has 1 N–H and O–H groups in total. The highest BCUT2D eigenvalue weighted by molar-refractivity contribution is 6.25. The van der Waals surface area contributed by atoms with E-state index in [1.54, 1.807) is 24.3 Å². The summed E-state index contributed by atoms with van der Waals surface area (Å²) < 4.78 is 0. The molecule has 3 nitrogen and oxygen atoms in total. The zero-order chi connectivity index (χ0) is 15.8. The third kappa shape index (κ3) is 2.14. The fourth-order valence-electron chi connectivity index (χ4n) is 2.99. The zero-order valence-electron chi connectivity index (χ0n) is 12.2. The Morgan fingerprint density at radius 1 is 0.696 bits per heavy atom. The molecule has 110 valence electrons. The summed E-state index contributed by atoms with van der Waals surface area (Å²) in [5, 5.41) is 2.88. The van der Waals surface area contributed by atoms with Gasteiger partial charge in [0.1, 0.15) is 0 Å². The van der Waals surface area contributed by atoms with Crippen LogP contribution in [0.25, 0.3) is 11.1 Å². The minimum absolute atomic E-state index is 0.0232. The van der Waals surface area contributed by atoms with Gasteiger partial charge in [-0.1, -0.05) is 54.6 Å². The van der Waals surface area contributed by atoms with E-state index in [4.69, 9.17) is 0 Å². The highest BCUT2D eigenvalue weighted by atomic mass is 16.1. The van der Waals surface area contributed by atoms with Crippen molar-refractivity contribution in [2.75, 3.05) is 5.32 Å². The van der Waals surface area contributed by atoms with Crippen LogP contribution in [0.2, 0.25) is 0 Å². The van der Waals surface area contributed by atoms with Gasteiger partial charge < -0.3 is 5.32 Å². The molecule has 3 heteroatoms. The zero-order valence-corrected chi connectivity index (χ0v) is 12.2. The summed E-state index contributed by atoms with van der Waals surface area (Å²) in [6.07, 6.45) is 0. The van der Waals surface area contributed by atoms with Gasteiger partial charge in [-0.2, -0.15) is 0 Å². The number of hydrogen-bond donors (Lipinski definition) is 1. The van der Waals surface area contributed by atoms with Crippen molar-refractivity contribution in [2.45, 2.75) is 0 Å². The average Bonchev–Trinajstić information content (AvgIpc) is 2.89. The van der Waals surface area contributed by atoms with E-state index in [1.165, 1.54) is 0 Å². The Hall–Kier alpha value is -3.20. The average molecular weight is 299 g/mol. The smallest absolute Gasteiger partial charge is 0.256 e. The summed E-state index contributed by atoms with van der Waals surface area (Å²) in [7, 11) is 0. The standard InChI is InChI=1S/C20H13NO2/c22-19-15-10-5-4-9-14(15)18-16(19)11-6-12-17(18)20(23)21-13-7-2-1-3-8-13/h1-12H,(H,21,23). The van der Waals surface area contributed by atoms with Crippen LogP contribution in [-0.4, -0.2) is 11.7 Å². The Morgan fingerprint density at radius 2 is 1.35 bits per heavy atom. The van der Waals surface area contributed by atoms with E-state index in [9.17, 15) is 9.59 Å². The number of benzene rings is 3. The van der Waals surface area contributed by atoms with Gasteiger partial charge >= 0.3 is 0 Å². The number of nitrogens with one attached hydrogen (secondary N) is 1. The van der Waals surface area contributed by atoms with Crippen molar-refractivity contribution in [1.29, 1.82) is 0 Å². The molecule has 0 aromatic heterocycles. The Bertz CT molecular complexity index is 929. The second-order valence-corrected chi connectivity index (χ2v) is 5.42. The van der Waals surface area contributed by atoms with Crippen LogP contribution in [0.5, 0.6) is 0 Å². The summed E-state index contributed by atoms with van der Waals surface area (Å²) in [6.45, 7) is 0. The van der Waals surface area contributed by atoms with Crippen LogP contribution in [0.15, 0.2) is 72.8 Å². The molecule has 0 fully saturated rings. The predicted octanol–water partition coefficient (Wildman–Crippen LogP) is 4.15. The van der Waals surface area contributed by atoms with Gasteiger partial charge in [0.05, 0.1) is 0 Å². The molecule has 0 bridgehead atoms. The molecule has 23 heavy (non-hydrogen) atoms. The van der Waals surface area contributed by atoms with Crippen LogP contribution in [0.1, 0.15) is 26.3 Å². The van der Waals surface area contributed by atoms with Crippen LogP contribution in [0, 0.1) is 0 Å². The Morgan fingerprint density at radius 3 is 2.13 bits per heavy atom. The Kier molecular flexibility index (Phi) is 3.05. The minimum atomic E-state index is -0.211. The van der Waals surface area contributed by atoms with E-state index in [0.29, 0.717) is 16.7 Å². The fourth-order valence-corrected chi connectivity index (χ4v) is 2.99. The summed E-state index contributed by atoms with van der Waals surface area (Å²) in [5.41, 5.74) is 4.04. The van der Waals surface area contributed by atoms with Crippen LogP contribution in [0.4, 0.5) is 5.69 Å². The van der Waals surface area contributed by atoms with Crippen LogP contribution in [-0.2, 0) is 0 Å². The summed E-state index contributed by atoms with van der Waals surface area (Å²) in [4.78, 5) is 25.2. The number of carbonyl (C=O) groups excluding carboxylic acids is 2. The van der Waals surface area contributed by atoms with Crippen molar-refractivity contribution < 1.29 is 9.59 Å². The first kappa shape index (κ1) is 13.5. The highest BCUT2D eigenvalue weighted by Crippen LogP contribution is 2.38. The number of anilines is 1. The largest absolute Gasteiger partial charge is 0.322 e. The first-order valence-corrected chi connectivity index (χ1v) is 7.39. The lowest BCUT2D eigenvalue weighted by Crippen LogP contribution is -2.13. The number of ketones is 1. The molecule has 4 rings (SSSR count). The molecule has 1 aliphatic carbocycles. The van der Waals surface area contributed by atoms with E-state index >= 15 is 0 Å². The normalized spacial score (nSPS) is 11.7. The molecule has 3 aromatic carbocycles. The van der Waals surface area contributed by atoms with E-state index in [2.05, 4.69) is 5.32 Å². The van der Waals surface area contributed by atoms with E-state index in [1.807, 2.05) is 48.5 Å². The number of para-hydroxylation sites is 1. The molecule has 0 unspecified atom stereocenters. The van der Waals surface area contributed by atoms with Gasteiger partial charge in [-0.15, -0.1) is 0 Å². The maximum atomic E-state index is 12.7. The lowest BCUT2D eigenvalue weighted by atomic mass is 9.99. The number of hydrogen-bond acceptors (Lipinski definition) is 2. The first-order chi connectivity index (χ1) is 11.3. The van der Waals surface area contributed by atoms with Crippen LogP contribution < -0.4 is 5.32 Å². The van der Waals surface area contributed by atoms with Crippen molar-refractivity contribution in [3.8, 4) is 11.1 Å². The molecule has 0 aliphatic heterocycles. The van der Waals surface area contributed by atoms with Gasteiger partial charge in [0.2, 0.25) is 0 Å². The number of fused-ring (bicyclic) bond motifs is 3. The topological polar surface area (TPSA) is 46.2 Å². The van der Waals surface area contributed by atoms with E-state index in [-0.39, 0.29) is 11.7 Å². The van der Waals surface area contributed by atoms with Gasteiger partial charge in [-0.3, -0.25) is 9.59 Å². The van der Waals surface area contributed by atoms with Gasteiger partial charge in [0.25, 0.3) is 5.91 Å². The second kappa shape index (κ2) is 5.21. The Labute approximate surface area is 133 Å². The summed E-state index contributed by atoms with van der Waals surface area (Å²) >= 11 is 0. The monoisotopic (exact) mass is 299 g/mol. The molecule has 0 atom stereocenters. The number of amides is 1. The Balaban J connectivity index is 1.81. The van der Waals surface area contributed by atoms with E-state index in [0.717, 1.165) is 16.8 Å². The molecule has 0 heterocycles. The molecule has 0 saturated heterocycles. The quantitative estimate of drug-likeness (QED) is 0.604. The molecule has 0 radical (unpaired) electrons. The second-order valence-electron chi connectivity index (χ2n) is 5.42. The maximum absolute atomic E-state index is 12.7. The van der Waals surface area contributed by atoms with Gasteiger partial charge in [-0.05, 0) is 23.8 Å². The lowest BCUT2D eigenvalue weighted by Gasteiger charge is -2.09. The van der Waals surface area contributed by atoms with Crippen molar-refractivity contribution in [2.24, 2.45) is 0 Å². The minimum Gasteiger partial charge on any atom is -0.322 e. The van der Waals surface area contributed by atoms with Crippen molar-refractivity contribution in [1.82, 2.24) is 0 Å². The van der Waals surface area contributed by atoms with Crippen LogP contribution >= 0.6 is 0 Å².